The second-order valence-corrected chi connectivity index (χ2v) is 5.67. The van der Waals surface area contributed by atoms with Crippen LogP contribution in [0.4, 0.5) is 20.4 Å². The summed E-state index contributed by atoms with van der Waals surface area (Å²) in [7, 11) is 1.81. The fraction of sp³-hybridized carbons (Fsp3) is 0.118. The highest BCUT2D eigenvalue weighted by atomic mass is 19.2. The first kappa shape index (κ1) is 15.3. The van der Waals surface area contributed by atoms with Crippen molar-refractivity contribution in [1.29, 1.82) is 0 Å². The number of hydrogen-bond donors (Lipinski definition) is 2. The topological polar surface area (TPSA) is 71.4 Å². The number of fused-ring (bicyclic) bond motifs is 1. The minimum atomic E-state index is -0.872. The van der Waals surface area contributed by atoms with E-state index in [9.17, 15) is 8.78 Å². The van der Waals surface area contributed by atoms with E-state index in [1.54, 1.807) is 29.2 Å². The molecule has 0 fully saturated rings. The quantitative estimate of drug-likeness (QED) is 0.598. The molecule has 0 spiro atoms. The maximum Gasteiger partial charge on any atom is 0.162 e. The average molecular weight is 340 g/mol. The minimum Gasteiger partial charge on any atom is -0.323 e. The normalized spacial score (nSPS) is 11.2. The first-order valence-corrected chi connectivity index (χ1v) is 7.63. The molecule has 0 unspecified atom stereocenters. The first-order chi connectivity index (χ1) is 12.1. The van der Waals surface area contributed by atoms with Gasteiger partial charge < -0.3 is 5.32 Å². The van der Waals surface area contributed by atoms with Crippen LogP contribution >= 0.6 is 0 Å². The molecule has 0 radical (unpaired) electrons. The lowest BCUT2D eigenvalue weighted by atomic mass is 10.1. The van der Waals surface area contributed by atoms with Crippen molar-refractivity contribution in [3.63, 3.8) is 0 Å². The molecule has 1 aromatic carbocycles. The summed E-state index contributed by atoms with van der Waals surface area (Å²) in [5.74, 6) is -0.549. The van der Waals surface area contributed by atoms with E-state index in [4.69, 9.17) is 0 Å². The second-order valence-electron chi connectivity index (χ2n) is 5.67. The highest BCUT2D eigenvalue weighted by Gasteiger charge is 2.14. The van der Waals surface area contributed by atoms with Crippen LogP contribution in [0.2, 0.25) is 0 Å². The van der Waals surface area contributed by atoms with Crippen molar-refractivity contribution in [3.05, 3.63) is 65.6 Å². The van der Waals surface area contributed by atoms with E-state index in [0.29, 0.717) is 17.3 Å². The molecule has 0 aliphatic rings. The van der Waals surface area contributed by atoms with Crippen LogP contribution in [0.25, 0.3) is 10.9 Å². The van der Waals surface area contributed by atoms with Crippen molar-refractivity contribution >= 4 is 22.5 Å². The second kappa shape index (κ2) is 5.97. The number of H-pyrrole nitrogens is 1. The fourth-order valence-corrected chi connectivity index (χ4v) is 2.69. The van der Waals surface area contributed by atoms with Crippen molar-refractivity contribution in [2.75, 3.05) is 5.32 Å². The largest absolute Gasteiger partial charge is 0.323 e. The third-order valence-corrected chi connectivity index (χ3v) is 3.88. The molecule has 2 N–H and O–H groups in total. The third-order valence-electron chi connectivity index (χ3n) is 3.88. The third kappa shape index (κ3) is 2.93. The van der Waals surface area contributed by atoms with Crippen LogP contribution < -0.4 is 5.32 Å². The number of anilines is 2. The van der Waals surface area contributed by atoms with Gasteiger partial charge in [0.25, 0.3) is 0 Å². The Morgan fingerprint density at radius 1 is 1.20 bits per heavy atom. The number of nitrogens with zero attached hydrogens (tertiary/aromatic N) is 4. The Morgan fingerprint density at radius 2 is 2.08 bits per heavy atom. The minimum absolute atomic E-state index is 0.150. The summed E-state index contributed by atoms with van der Waals surface area (Å²) in [4.78, 5) is 4.53. The van der Waals surface area contributed by atoms with Crippen LogP contribution in [-0.2, 0) is 13.5 Å². The molecule has 0 saturated heterocycles. The van der Waals surface area contributed by atoms with Gasteiger partial charge in [-0.25, -0.2) is 13.8 Å². The van der Waals surface area contributed by atoms with E-state index in [-0.39, 0.29) is 12.0 Å². The Labute approximate surface area is 141 Å². The zero-order valence-electron chi connectivity index (χ0n) is 13.3. The van der Waals surface area contributed by atoms with Gasteiger partial charge in [-0.15, -0.1) is 0 Å². The van der Waals surface area contributed by atoms with Crippen LogP contribution in [0.3, 0.4) is 0 Å². The Hall–Kier alpha value is -3.29. The van der Waals surface area contributed by atoms with Gasteiger partial charge in [0.2, 0.25) is 0 Å². The van der Waals surface area contributed by atoms with Crippen molar-refractivity contribution in [2.24, 2.45) is 7.05 Å². The molecule has 4 rings (SSSR count). The van der Waals surface area contributed by atoms with Gasteiger partial charge in [0.1, 0.15) is 5.82 Å². The number of aromatic amines is 1. The van der Waals surface area contributed by atoms with Gasteiger partial charge in [-0.05, 0) is 11.6 Å². The molecule has 6 nitrogen and oxygen atoms in total. The van der Waals surface area contributed by atoms with Crippen LogP contribution in [0.1, 0.15) is 11.3 Å². The molecule has 25 heavy (non-hydrogen) atoms. The highest BCUT2D eigenvalue weighted by molar-refractivity contribution is 5.83. The Bertz CT molecular complexity index is 1050. The zero-order chi connectivity index (χ0) is 17.4. The molecular weight excluding hydrogens is 326 g/mol. The number of hydrogen-bond acceptors (Lipinski definition) is 4. The summed E-state index contributed by atoms with van der Waals surface area (Å²) in [6.45, 7) is 0. The maximum atomic E-state index is 14.0. The van der Waals surface area contributed by atoms with Crippen molar-refractivity contribution in [2.45, 2.75) is 6.42 Å². The number of aryl methyl sites for hydroxylation is 1. The van der Waals surface area contributed by atoms with Gasteiger partial charge in [0.05, 0.1) is 17.4 Å². The predicted molar refractivity (Wildman–Crippen MR) is 89.5 cm³/mol. The molecular formula is C17H14F2N6. The van der Waals surface area contributed by atoms with Gasteiger partial charge >= 0.3 is 0 Å². The fourth-order valence-electron chi connectivity index (χ4n) is 2.69. The summed E-state index contributed by atoms with van der Waals surface area (Å²) in [6.07, 6.45) is 3.58. The van der Waals surface area contributed by atoms with Crippen molar-refractivity contribution < 1.29 is 8.78 Å². The lowest BCUT2D eigenvalue weighted by Gasteiger charge is -2.08. The molecule has 0 aliphatic carbocycles. The number of halogens is 2. The summed E-state index contributed by atoms with van der Waals surface area (Å²) < 4.78 is 29.1. The lowest BCUT2D eigenvalue weighted by Crippen LogP contribution is -2.02. The summed E-state index contributed by atoms with van der Waals surface area (Å²) >= 11 is 0. The van der Waals surface area contributed by atoms with E-state index in [0.717, 1.165) is 17.0 Å². The van der Waals surface area contributed by atoms with E-state index < -0.39 is 11.6 Å². The SMILES string of the molecule is Cn1ccc(Nc2cc3[nH]ncc3c(Cc3cccc(F)c3F)n2)n1. The maximum absolute atomic E-state index is 14.0. The van der Waals surface area contributed by atoms with Crippen molar-refractivity contribution in [3.8, 4) is 0 Å². The Kier molecular flexibility index (Phi) is 3.64. The Balaban J connectivity index is 1.74. The highest BCUT2D eigenvalue weighted by Crippen LogP contribution is 2.24. The van der Waals surface area contributed by atoms with Gasteiger partial charge in [-0.3, -0.25) is 9.78 Å². The van der Waals surface area contributed by atoms with Gasteiger partial charge in [-0.2, -0.15) is 10.2 Å². The molecule has 126 valence electrons. The van der Waals surface area contributed by atoms with Crippen LogP contribution in [-0.4, -0.2) is 25.0 Å². The number of nitrogens with one attached hydrogen (secondary N) is 2. The lowest BCUT2D eigenvalue weighted by molar-refractivity contribution is 0.500. The molecule has 8 heteroatoms. The van der Waals surface area contributed by atoms with E-state index >= 15 is 0 Å². The van der Waals surface area contributed by atoms with Crippen LogP contribution in [0.15, 0.2) is 42.7 Å². The molecule has 0 amide bonds. The smallest absolute Gasteiger partial charge is 0.162 e. The number of rotatable bonds is 4. The summed E-state index contributed by atoms with van der Waals surface area (Å²) in [6, 6.07) is 7.73. The van der Waals surface area contributed by atoms with Crippen LogP contribution in [0, 0.1) is 11.6 Å². The molecule has 4 aromatic rings. The first-order valence-electron chi connectivity index (χ1n) is 7.63. The molecule has 0 bridgehead atoms. The average Bonchev–Trinajstić information content (AvgIpc) is 3.21. The van der Waals surface area contributed by atoms with E-state index in [2.05, 4.69) is 25.6 Å². The van der Waals surface area contributed by atoms with Gasteiger partial charge in [0, 0.05) is 37.2 Å². The Morgan fingerprint density at radius 3 is 2.88 bits per heavy atom. The number of benzene rings is 1. The van der Waals surface area contributed by atoms with E-state index in [1.807, 2.05) is 13.1 Å². The summed E-state index contributed by atoms with van der Waals surface area (Å²) in [5, 5.41) is 15.0. The van der Waals surface area contributed by atoms with E-state index in [1.165, 1.54) is 6.07 Å². The summed E-state index contributed by atoms with van der Waals surface area (Å²) in [5.41, 5.74) is 1.58. The molecule has 3 heterocycles. The van der Waals surface area contributed by atoms with Crippen LogP contribution in [0.5, 0.6) is 0 Å². The number of pyridine rings is 1. The standard InChI is InChI=1S/C17H14F2N6/c1-25-6-5-15(24-25)22-16-8-14-11(9-20-23-14)13(21-16)7-10-3-2-4-12(18)17(10)19/h2-6,8-9H,7H2,1H3,(H,20,23)(H,21,22,24). The zero-order valence-corrected chi connectivity index (χ0v) is 13.3. The van der Waals surface area contributed by atoms with Gasteiger partial charge in [-0.1, -0.05) is 12.1 Å². The number of aromatic nitrogens is 5. The molecule has 0 saturated carbocycles. The molecule has 0 aliphatic heterocycles. The van der Waals surface area contributed by atoms with Gasteiger partial charge in [0.15, 0.2) is 17.5 Å². The predicted octanol–water partition coefficient (Wildman–Crippen LogP) is 3.30. The molecule has 0 atom stereocenters. The monoisotopic (exact) mass is 340 g/mol. The van der Waals surface area contributed by atoms with Crippen molar-refractivity contribution in [1.82, 2.24) is 25.0 Å². The molecule has 3 aromatic heterocycles.